The molecule has 0 aliphatic carbocycles. The summed E-state index contributed by atoms with van der Waals surface area (Å²) in [4.78, 5) is 24.4. The zero-order valence-electron chi connectivity index (χ0n) is 8.33. The molecule has 1 aliphatic rings. The first kappa shape index (κ1) is 10.0. The summed E-state index contributed by atoms with van der Waals surface area (Å²) in [6.07, 6.45) is 0.647. The SMILES string of the molecule is CC(C)NC(=O)C1CCN(C)C1=O. The van der Waals surface area contributed by atoms with Gasteiger partial charge in [-0.15, -0.1) is 0 Å². The molecule has 4 heteroatoms. The molecule has 4 nitrogen and oxygen atoms in total. The van der Waals surface area contributed by atoms with Crippen molar-refractivity contribution < 1.29 is 9.59 Å². The van der Waals surface area contributed by atoms with Gasteiger partial charge in [-0.1, -0.05) is 0 Å². The standard InChI is InChI=1S/C9H16N2O2/c1-6(2)10-8(12)7-4-5-11(3)9(7)13/h6-7H,4-5H2,1-3H3,(H,10,12). The monoisotopic (exact) mass is 184 g/mol. The van der Waals surface area contributed by atoms with E-state index in [1.165, 1.54) is 0 Å². The molecule has 13 heavy (non-hydrogen) atoms. The molecule has 0 bridgehead atoms. The van der Waals surface area contributed by atoms with Crippen LogP contribution in [0.1, 0.15) is 20.3 Å². The molecular formula is C9H16N2O2. The van der Waals surface area contributed by atoms with Crippen molar-refractivity contribution in [2.24, 2.45) is 5.92 Å². The topological polar surface area (TPSA) is 49.4 Å². The average Bonchev–Trinajstić information content (AvgIpc) is 2.31. The highest BCUT2D eigenvalue weighted by Gasteiger charge is 2.34. The summed E-state index contributed by atoms with van der Waals surface area (Å²) in [5.41, 5.74) is 0. The number of likely N-dealkylation sites (tertiary alicyclic amines) is 1. The van der Waals surface area contributed by atoms with E-state index in [1.807, 2.05) is 13.8 Å². The first-order valence-corrected chi connectivity index (χ1v) is 4.57. The minimum Gasteiger partial charge on any atom is -0.353 e. The maximum absolute atomic E-state index is 11.5. The summed E-state index contributed by atoms with van der Waals surface area (Å²) < 4.78 is 0. The van der Waals surface area contributed by atoms with Crippen LogP contribution in [0.2, 0.25) is 0 Å². The highest BCUT2D eigenvalue weighted by Crippen LogP contribution is 2.16. The molecule has 0 aromatic rings. The molecule has 1 aliphatic heterocycles. The Bertz CT molecular complexity index is 226. The van der Waals surface area contributed by atoms with Gasteiger partial charge < -0.3 is 10.2 Å². The van der Waals surface area contributed by atoms with Gasteiger partial charge in [0.1, 0.15) is 5.92 Å². The Morgan fingerprint density at radius 3 is 2.62 bits per heavy atom. The normalized spacial score (nSPS) is 22.6. The van der Waals surface area contributed by atoms with Crippen LogP contribution in [0.5, 0.6) is 0 Å². The molecule has 0 aromatic carbocycles. The lowest BCUT2D eigenvalue weighted by Gasteiger charge is -2.12. The lowest BCUT2D eigenvalue weighted by molar-refractivity contribution is -0.137. The van der Waals surface area contributed by atoms with Gasteiger partial charge in [0.25, 0.3) is 0 Å². The summed E-state index contributed by atoms with van der Waals surface area (Å²) in [7, 11) is 1.73. The molecule has 74 valence electrons. The zero-order valence-corrected chi connectivity index (χ0v) is 8.33. The van der Waals surface area contributed by atoms with Crippen LogP contribution in [0.25, 0.3) is 0 Å². The van der Waals surface area contributed by atoms with E-state index in [0.29, 0.717) is 13.0 Å². The Labute approximate surface area is 78.3 Å². The molecule has 1 N–H and O–H groups in total. The third-order valence-electron chi connectivity index (χ3n) is 2.17. The van der Waals surface area contributed by atoms with Crippen LogP contribution in [-0.4, -0.2) is 36.3 Å². The Morgan fingerprint density at radius 2 is 2.23 bits per heavy atom. The lowest BCUT2D eigenvalue weighted by atomic mass is 10.1. The molecule has 0 spiro atoms. The summed E-state index contributed by atoms with van der Waals surface area (Å²) in [6, 6.07) is 0.103. The van der Waals surface area contributed by atoms with Crippen LogP contribution in [0.3, 0.4) is 0 Å². The van der Waals surface area contributed by atoms with Gasteiger partial charge in [0.2, 0.25) is 11.8 Å². The number of hydrogen-bond acceptors (Lipinski definition) is 2. The molecule has 1 atom stereocenters. The minimum absolute atomic E-state index is 0.0573. The molecule has 1 fully saturated rings. The van der Waals surface area contributed by atoms with E-state index in [1.54, 1.807) is 11.9 Å². The first-order chi connectivity index (χ1) is 6.02. The van der Waals surface area contributed by atoms with E-state index in [-0.39, 0.29) is 17.9 Å². The van der Waals surface area contributed by atoms with Crippen LogP contribution in [-0.2, 0) is 9.59 Å². The fourth-order valence-electron chi connectivity index (χ4n) is 1.45. The summed E-state index contributed by atoms with van der Waals surface area (Å²) in [5, 5.41) is 2.75. The van der Waals surface area contributed by atoms with Crippen LogP contribution in [0, 0.1) is 5.92 Å². The van der Waals surface area contributed by atoms with Gasteiger partial charge in [-0.3, -0.25) is 9.59 Å². The smallest absolute Gasteiger partial charge is 0.234 e. The largest absolute Gasteiger partial charge is 0.353 e. The Kier molecular flexibility index (Phi) is 2.90. The number of nitrogens with zero attached hydrogens (tertiary/aromatic N) is 1. The van der Waals surface area contributed by atoms with Gasteiger partial charge in [-0.05, 0) is 20.3 Å². The number of hydrogen-bond donors (Lipinski definition) is 1. The Morgan fingerprint density at radius 1 is 1.62 bits per heavy atom. The number of rotatable bonds is 2. The number of carbonyl (C=O) groups excluding carboxylic acids is 2. The molecule has 0 aromatic heterocycles. The van der Waals surface area contributed by atoms with Crippen molar-refractivity contribution in [3.63, 3.8) is 0 Å². The first-order valence-electron chi connectivity index (χ1n) is 4.57. The molecule has 1 saturated heterocycles. The Hall–Kier alpha value is -1.06. The number of amides is 2. The van der Waals surface area contributed by atoms with Gasteiger partial charge in [-0.25, -0.2) is 0 Å². The average molecular weight is 184 g/mol. The second kappa shape index (κ2) is 3.77. The fraction of sp³-hybridized carbons (Fsp3) is 0.778. The summed E-state index contributed by atoms with van der Waals surface area (Å²) in [6.45, 7) is 4.47. The van der Waals surface area contributed by atoms with Crippen molar-refractivity contribution in [3.05, 3.63) is 0 Å². The molecule has 1 rings (SSSR count). The Balaban J connectivity index is 2.53. The van der Waals surface area contributed by atoms with Crippen LogP contribution in [0.4, 0.5) is 0 Å². The van der Waals surface area contributed by atoms with Crippen molar-refractivity contribution >= 4 is 11.8 Å². The second-order valence-corrected chi connectivity index (χ2v) is 3.76. The highest BCUT2D eigenvalue weighted by molar-refractivity contribution is 6.01. The molecule has 0 radical (unpaired) electrons. The van der Waals surface area contributed by atoms with E-state index in [0.717, 1.165) is 0 Å². The maximum Gasteiger partial charge on any atom is 0.234 e. The lowest BCUT2D eigenvalue weighted by Crippen LogP contribution is -2.39. The van der Waals surface area contributed by atoms with Gasteiger partial charge in [0, 0.05) is 19.6 Å². The van der Waals surface area contributed by atoms with E-state index in [9.17, 15) is 9.59 Å². The van der Waals surface area contributed by atoms with Crippen molar-refractivity contribution in [1.82, 2.24) is 10.2 Å². The highest BCUT2D eigenvalue weighted by atomic mass is 16.2. The fourth-order valence-corrected chi connectivity index (χ4v) is 1.45. The van der Waals surface area contributed by atoms with E-state index in [4.69, 9.17) is 0 Å². The molecule has 1 heterocycles. The predicted octanol–water partition coefficient (Wildman–Crippen LogP) is -0.0107. The minimum atomic E-state index is -0.451. The van der Waals surface area contributed by atoms with Gasteiger partial charge >= 0.3 is 0 Å². The van der Waals surface area contributed by atoms with Gasteiger partial charge in [0.05, 0.1) is 0 Å². The summed E-state index contributed by atoms with van der Waals surface area (Å²) >= 11 is 0. The van der Waals surface area contributed by atoms with Gasteiger partial charge in [0.15, 0.2) is 0 Å². The summed E-state index contributed by atoms with van der Waals surface area (Å²) in [5.74, 6) is -0.644. The van der Waals surface area contributed by atoms with Crippen molar-refractivity contribution in [2.45, 2.75) is 26.3 Å². The third-order valence-corrected chi connectivity index (χ3v) is 2.17. The van der Waals surface area contributed by atoms with Crippen molar-refractivity contribution in [1.29, 1.82) is 0 Å². The second-order valence-electron chi connectivity index (χ2n) is 3.76. The van der Waals surface area contributed by atoms with E-state index < -0.39 is 5.92 Å². The van der Waals surface area contributed by atoms with Crippen molar-refractivity contribution in [3.8, 4) is 0 Å². The molecule has 1 unspecified atom stereocenters. The zero-order chi connectivity index (χ0) is 10.0. The van der Waals surface area contributed by atoms with Crippen LogP contribution >= 0.6 is 0 Å². The molecule has 2 amide bonds. The van der Waals surface area contributed by atoms with Crippen LogP contribution < -0.4 is 5.32 Å². The number of nitrogens with one attached hydrogen (secondary N) is 1. The third kappa shape index (κ3) is 2.20. The van der Waals surface area contributed by atoms with Gasteiger partial charge in [-0.2, -0.15) is 0 Å². The maximum atomic E-state index is 11.5. The van der Waals surface area contributed by atoms with E-state index in [2.05, 4.69) is 5.32 Å². The van der Waals surface area contributed by atoms with E-state index >= 15 is 0 Å². The molecule has 0 saturated carbocycles. The number of carbonyl (C=O) groups is 2. The van der Waals surface area contributed by atoms with Crippen LogP contribution in [0.15, 0.2) is 0 Å². The van der Waals surface area contributed by atoms with Crippen molar-refractivity contribution in [2.75, 3.05) is 13.6 Å². The predicted molar refractivity (Wildman–Crippen MR) is 49.0 cm³/mol. The molecular weight excluding hydrogens is 168 g/mol. The quantitative estimate of drug-likeness (QED) is 0.614.